The Labute approximate surface area is 276 Å². The summed E-state index contributed by atoms with van der Waals surface area (Å²) >= 11 is 0. The minimum atomic E-state index is -0.350. The van der Waals surface area contributed by atoms with Gasteiger partial charge in [0.2, 0.25) is 0 Å². The molecule has 0 atom stereocenters. The summed E-state index contributed by atoms with van der Waals surface area (Å²) in [6.07, 6.45) is 0.0860. The molecule has 0 saturated carbocycles. The highest BCUT2D eigenvalue weighted by atomic mass is 16.5. The first kappa shape index (κ1) is 32.8. The van der Waals surface area contributed by atoms with E-state index in [2.05, 4.69) is 0 Å². The predicted octanol–water partition coefficient (Wildman–Crippen LogP) is 8.02. The van der Waals surface area contributed by atoms with Crippen molar-refractivity contribution >= 4 is 11.9 Å². The third kappa shape index (κ3) is 10.5. The summed E-state index contributed by atoms with van der Waals surface area (Å²) in [7, 11) is 0. The lowest BCUT2D eigenvalue weighted by Crippen LogP contribution is -2.33. The van der Waals surface area contributed by atoms with Crippen molar-refractivity contribution in [2.75, 3.05) is 13.2 Å². The summed E-state index contributed by atoms with van der Waals surface area (Å²) in [6.45, 7) is 3.77. The van der Waals surface area contributed by atoms with Gasteiger partial charge >= 0.3 is 5.97 Å². The molecule has 0 spiro atoms. The number of benzene rings is 5. The first-order valence-electron chi connectivity index (χ1n) is 15.7. The zero-order valence-corrected chi connectivity index (χ0v) is 26.5. The van der Waals surface area contributed by atoms with Gasteiger partial charge in [-0.25, -0.2) is 0 Å². The molecule has 7 heteroatoms. The van der Waals surface area contributed by atoms with Crippen LogP contribution in [-0.4, -0.2) is 29.9 Å². The van der Waals surface area contributed by atoms with Gasteiger partial charge in [-0.2, -0.15) is 0 Å². The number of carbonyl (C=O) groups excluding carboxylic acids is 2. The third-order valence-corrected chi connectivity index (χ3v) is 7.33. The first-order chi connectivity index (χ1) is 23.1. The fourth-order valence-electron chi connectivity index (χ4n) is 4.94. The second-order valence-electron chi connectivity index (χ2n) is 10.9. The van der Waals surface area contributed by atoms with Gasteiger partial charge in [0.05, 0.1) is 13.0 Å². The molecule has 1 amide bonds. The molecule has 0 bridgehead atoms. The molecule has 5 aromatic carbocycles. The van der Waals surface area contributed by atoms with Crippen molar-refractivity contribution in [1.82, 2.24) is 4.90 Å². The van der Waals surface area contributed by atoms with Crippen molar-refractivity contribution in [2.24, 2.45) is 0 Å². The molecule has 0 radical (unpaired) electrons. The molecule has 0 heterocycles. The highest BCUT2D eigenvalue weighted by Gasteiger charge is 2.19. The monoisotopic (exact) mass is 629 g/mol. The molecule has 0 aliphatic carbocycles. The van der Waals surface area contributed by atoms with Crippen LogP contribution in [0.4, 0.5) is 0 Å². The van der Waals surface area contributed by atoms with Gasteiger partial charge < -0.3 is 23.8 Å². The zero-order chi connectivity index (χ0) is 32.7. The molecule has 7 nitrogen and oxygen atoms in total. The molecule has 0 unspecified atom stereocenters. The molecule has 240 valence electrons. The minimum Gasteiger partial charge on any atom is -0.489 e. The van der Waals surface area contributed by atoms with Crippen molar-refractivity contribution in [3.8, 4) is 17.2 Å². The zero-order valence-electron chi connectivity index (χ0n) is 26.5. The molecular weight excluding hydrogens is 590 g/mol. The van der Waals surface area contributed by atoms with E-state index >= 15 is 0 Å². The first-order valence-corrected chi connectivity index (χ1v) is 15.7. The average Bonchev–Trinajstić information content (AvgIpc) is 3.12. The van der Waals surface area contributed by atoms with E-state index in [9.17, 15) is 9.59 Å². The molecule has 0 fully saturated rings. The number of hydrogen-bond acceptors (Lipinski definition) is 6. The minimum absolute atomic E-state index is 0.0860. The van der Waals surface area contributed by atoms with E-state index in [-0.39, 0.29) is 31.4 Å². The van der Waals surface area contributed by atoms with Gasteiger partial charge in [-0.15, -0.1) is 0 Å². The van der Waals surface area contributed by atoms with Crippen LogP contribution >= 0.6 is 0 Å². The van der Waals surface area contributed by atoms with E-state index in [1.807, 2.05) is 115 Å². The largest absolute Gasteiger partial charge is 0.489 e. The molecule has 0 aliphatic rings. The van der Waals surface area contributed by atoms with E-state index < -0.39 is 0 Å². The van der Waals surface area contributed by atoms with Gasteiger partial charge in [-0.1, -0.05) is 91.0 Å². The SMILES string of the molecule is CCOC(=O)CCN(Cc1cccc(OCc2ccccc2)c1)C(=O)c1cccc(OCc2cccc(OCc3ccccc3)c2)c1. The number of esters is 1. The van der Waals surface area contributed by atoms with Gasteiger partial charge in [0.15, 0.2) is 0 Å². The van der Waals surface area contributed by atoms with Crippen molar-refractivity contribution in [3.63, 3.8) is 0 Å². The number of hydrogen-bond donors (Lipinski definition) is 0. The topological polar surface area (TPSA) is 74.3 Å². The Morgan fingerprint density at radius 2 is 1.04 bits per heavy atom. The van der Waals surface area contributed by atoms with E-state index in [1.54, 1.807) is 30.0 Å². The van der Waals surface area contributed by atoms with Gasteiger partial charge in [-0.3, -0.25) is 9.59 Å². The van der Waals surface area contributed by atoms with Gasteiger partial charge in [0.1, 0.15) is 37.1 Å². The smallest absolute Gasteiger partial charge is 0.307 e. The Hall–Kier alpha value is -5.56. The Balaban J connectivity index is 1.24. The lowest BCUT2D eigenvalue weighted by Gasteiger charge is -2.23. The van der Waals surface area contributed by atoms with Crippen LogP contribution in [0.5, 0.6) is 17.2 Å². The summed E-state index contributed by atoms with van der Waals surface area (Å²) in [4.78, 5) is 27.7. The van der Waals surface area contributed by atoms with Crippen LogP contribution in [0.25, 0.3) is 0 Å². The maximum absolute atomic E-state index is 13.8. The molecule has 0 N–H and O–H groups in total. The van der Waals surface area contributed by atoms with Crippen molar-refractivity contribution in [2.45, 2.75) is 39.7 Å². The lowest BCUT2D eigenvalue weighted by molar-refractivity contribution is -0.143. The van der Waals surface area contributed by atoms with Crippen molar-refractivity contribution in [3.05, 3.63) is 161 Å². The van der Waals surface area contributed by atoms with Gasteiger partial charge in [0, 0.05) is 18.7 Å². The van der Waals surface area contributed by atoms with Crippen LogP contribution in [-0.2, 0) is 35.9 Å². The summed E-state index contributed by atoms with van der Waals surface area (Å²) in [5, 5.41) is 0. The number of nitrogens with zero attached hydrogens (tertiary/aromatic N) is 1. The molecule has 0 saturated heterocycles. The molecule has 47 heavy (non-hydrogen) atoms. The third-order valence-electron chi connectivity index (χ3n) is 7.33. The summed E-state index contributed by atoms with van der Waals surface area (Å²) in [5.74, 6) is 1.46. The van der Waals surface area contributed by atoms with E-state index in [1.165, 1.54) is 0 Å². The summed E-state index contributed by atoms with van der Waals surface area (Å²) in [5.41, 5.74) is 4.45. The van der Waals surface area contributed by atoms with E-state index in [0.29, 0.717) is 43.4 Å². The Morgan fingerprint density at radius 1 is 0.553 bits per heavy atom. The number of carbonyl (C=O) groups is 2. The Morgan fingerprint density at radius 3 is 1.64 bits per heavy atom. The molecular formula is C40H39NO6. The number of amides is 1. The molecule has 0 aliphatic heterocycles. The van der Waals surface area contributed by atoms with Crippen LogP contribution in [0.15, 0.2) is 133 Å². The maximum Gasteiger partial charge on any atom is 0.307 e. The second-order valence-corrected chi connectivity index (χ2v) is 10.9. The van der Waals surface area contributed by atoms with Crippen LogP contribution in [0.2, 0.25) is 0 Å². The van der Waals surface area contributed by atoms with E-state index in [4.69, 9.17) is 18.9 Å². The van der Waals surface area contributed by atoms with Gasteiger partial charge in [0.25, 0.3) is 5.91 Å². The Bertz CT molecular complexity index is 1720. The molecule has 5 rings (SSSR count). The number of rotatable bonds is 16. The molecule has 0 aromatic heterocycles. The number of ether oxygens (including phenoxy) is 4. The van der Waals surface area contributed by atoms with Crippen LogP contribution in [0, 0.1) is 0 Å². The summed E-state index contributed by atoms with van der Waals surface area (Å²) < 4.78 is 23.2. The Kier molecular flexibility index (Phi) is 12.0. The fourth-order valence-corrected chi connectivity index (χ4v) is 4.94. The standard InChI is InChI=1S/C40H39NO6/c1-2-44-39(42)22-23-41(27-33-16-9-19-36(24-33)45-28-31-12-5-3-6-13-31)40(43)35-18-11-21-38(26-35)47-30-34-17-10-20-37(25-34)46-29-32-14-7-4-8-15-32/h3-21,24-26H,2,22-23,27-30H2,1H3. The van der Waals surface area contributed by atoms with Crippen LogP contribution < -0.4 is 14.2 Å². The predicted molar refractivity (Wildman–Crippen MR) is 181 cm³/mol. The fraction of sp³-hybridized carbons (Fsp3) is 0.200. The second kappa shape index (κ2) is 17.2. The van der Waals surface area contributed by atoms with Crippen LogP contribution in [0.1, 0.15) is 46.0 Å². The van der Waals surface area contributed by atoms with Crippen molar-refractivity contribution < 1.29 is 28.5 Å². The quantitative estimate of drug-likeness (QED) is 0.103. The van der Waals surface area contributed by atoms with Crippen molar-refractivity contribution in [1.29, 1.82) is 0 Å². The summed E-state index contributed by atoms with van der Waals surface area (Å²) in [6, 6.07) is 42.5. The highest BCUT2D eigenvalue weighted by molar-refractivity contribution is 5.94. The van der Waals surface area contributed by atoms with E-state index in [0.717, 1.165) is 28.0 Å². The van der Waals surface area contributed by atoms with Gasteiger partial charge in [-0.05, 0) is 71.6 Å². The highest BCUT2D eigenvalue weighted by Crippen LogP contribution is 2.22. The van der Waals surface area contributed by atoms with Crippen LogP contribution in [0.3, 0.4) is 0 Å². The lowest BCUT2D eigenvalue weighted by atomic mass is 10.1. The average molecular weight is 630 g/mol. The molecule has 5 aromatic rings. The normalized spacial score (nSPS) is 10.6. The maximum atomic E-state index is 13.8.